The molecule has 2 atom stereocenters. The van der Waals surface area contributed by atoms with Gasteiger partial charge in [-0.15, -0.1) is 21.5 Å². The fraction of sp³-hybridized carbons (Fsp3) is 0.222. The Bertz CT molecular complexity index is 877. The molecule has 2 aromatic carbocycles. The van der Waals surface area contributed by atoms with Crippen molar-refractivity contribution in [1.29, 1.82) is 0 Å². The molecule has 0 aliphatic rings. The van der Waals surface area contributed by atoms with Gasteiger partial charge in [0.2, 0.25) is 0 Å². The minimum Gasteiger partial charge on any atom is -0.388 e. The van der Waals surface area contributed by atoms with Crippen molar-refractivity contribution in [2.24, 2.45) is 0 Å². The molecule has 0 aliphatic carbocycles. The number of hydrogen-bond acceptors (Lipinski definition) is 5. The number of rotatable bonds is 6. The van der Waals surface area contributed by atoms with Crippen LogP contribution in [0.25, 0.3) is 0 Å². The number of hydrogen-bond donors (Lipinski definition) is 2. The van der Waals surface area contributed by atoms with Crippen LogP contribution in [0.2, 0.25) is 20.1 Å². The Balaban J connectivity index is 1.67. The lowest BCUT2D eigenvalue weighted by atomic mass is 10.1. The molecule has 0 fully saturated rings. The predicted molar refractivity (Wildman–Crippen MR) is 110 cm³/mol. The summed E-state index contributed by atoms with van der Waals surface area (Å²) >= 11 is 25.3. The minimum absolute atomic E-state index is 0.261. The largest absolute Gasteiger partial charge is 0.388 e. The van der Waals surface area contributed by atoms with Gasteiger partial charge < -0.3 is 10.2 Å². The standard InChI is InChI=1S/C18H14Cl4N2O2S/c19-9-1-3-11(13(21)5-9)15(25)7-17-23-24-18(27-17)8-16(26)12-4-2-10(20)6-14(12)22/h1-6,15-16,25-26H,7-8H2. The molecular weight excluding hydrogens is 450 g/mol. The van der Waals surface area contributed by atoms with Crippen LogP contribution in [-0.2, 0) is 12.8 Å². The van der Waals surface area contributed by atoms with Gasteiger partial charge in [-0.3, -0.25) is 0 Å². The molecule has 2 unspecified atom stereocenters. The topological polar surface area (TPSA) is 66.2 Å². The smallest absolute Gasteiger partial charge is 0.120 e. The van der Waals surface area contributed by atoms with Gasteiger partial charge >= 0.3 is 0 Å². The molecule has 0 amide bonds. The van der Waals surface area contributed by atoms with Crippen LogP contribution in [0, 0.1) is 0 Å². The van der Waals surface area contributed by atoms with Gasteiger partial charge in [0.1, 0.15) is 10.0 Å². The third-order valence-electron chi connectivity index (χ3n) is 3.89. The Labute approximate surface area is 180 Å². The molecule has 4 nitrogen and oxygen atoms in total. The van der Waals surface area contributed by atoms with Crippen LogP contribution in [0.5, 0.6) is 0 Å². The maximum atomic E-state index is 10.4. The first kappa shape index (κ1) is 20.8. The lowest BCUT2D eigenvalue weighted by molar-refractivity contribution is 0.177. The summed E-state index contributed by atoms with van der Waals surface area (Å²) in [5.41, 5.74) is 1.15. The van der Waals surface area contributed by atoms with Crippen LogP contribution in [0.3, 0.4) is 0 Å². The van der Waals surface area contributed by atoms with Crippen LogP contribution in [0.4, 0.5) is 0 Å². The van der Waals surface area contributed by atoms with Crippen LogP contribution in [0.1, 0.15) is 33.4 Å². The number of aliphatic hydroxyl groups is 2. The highest BCUT2D eigenvalue weighted by molar-refractivity contribution is 7.11. The summed E-state index contributed by atoms with van der Waals surface area (Å²) < 4.78 is 0. The third kappa shape index (κ3) is 5.33. The van der Waals surface area contributed by atoms with E-state index in [2.05, 4.69) is 10.2 Å². The SMILES string of the molecule is OC(Cc1nnc(CC(O)c2ccc(Cl)cc2Cl)s1)c1ccc(Cl)cc1Cl. The molecule has 0 radical (unpaired) electrons. The van der Waals surface area contributed by atoms with E-state index in [9.17, 15) is 10.2 Å². The molecule has 1 aromatic heterocycles. The molecule has 27 heavy (non-hydrogen) atoms. The molecule has 2 N–H and O–H groups in total. The van der Waals surface area contributed by atoms with E-state index in [4.69, 9.17) is 46.4 Å². The molecular formula is C18H14Cl4N2O2S. The molecule has 0 bridgehead atoms. The maximum absolute atomic E-state index is 10.4. The minimum atomic E-state index is -0.828. The quantitative estimate of drug-likeness (QED) is 0.491. The average molecular weight is 464 g/mol. The summed E-state index contributed by atoms with van der Waals surface area (Å²) in [4.78, 5) is 0. The van der Waals surface area contributed by atoms with Crippen molar-refractivity contribution < 1.29 is 10.2 Å². The van der Waals surface area contributed by atoms with Crippen molar-refractivity contribution in [3.05, 3.63) is 77.6 Å². The van der Waals surface area contributed by atoms with E-state index in [1.807, 2.05) is 0 Å². The number of benzene rings is 2. The van der Waals surface area contributed by atoms with Gasteiger partial charge in [-0.05, 0) is 35.4 Å². The monoisotopic (exact) mass is 462 g/mol. The van der Waals surface area contributed by atoms with E-state index in [1.165, 1.54) is 11.3 Å². The molecule has 0 saturated heterocycles. The summed E-state index contributed by atoms with van der Waals surface area (Å²) in [6, 6.07) is 9.87. The Morgan fingerprint density at radius 3 is 1.52 bits per heavy atom. The van der Waals surface area contributed by atoms with Gasteiger partial charge in [0.05, 0.1) is 12.2 Å². The van der Waals surface area contributed by atoms with Gasteiger partial charge in [0, 0.05) is 32.9 Å². The Morgan fingerprint density at radius 1 is 0.741 bits per heavy atom. The van der Waals surface area contributed by atoms with Crippen LogP contribution in [0.15, 0.2) is 36.4 Å². The molecule has 0 spiro atoms. The first-order valence-corrected chi connectivity index (χ1v) is 10.2. The van der Waals surface area contributed by atoms with Crippen molar-refractivity contribution in [2.45, 2.75) is 25.0 Å². The summed E-state index contributed by atoms with van der Waals surface area (Å²) in [5.74, 6) is 0. The van der Waals surface area contributed by atoms with E-state index in [1.54, 1.807) is 36.4 Å². The van der Waals surface area contributed by atoms with Crippen LogP contribution in [-0.4, -0.2) is 20.4 Å². The molecule has 9 heteroatoms. The summed E-state index contributed by atoms with van der Waals surface area (Å²) in [5, 5.41) is 32.1. The van der Waals surface area contributed by atoms with E-state index in [-0.39, 0.29) is 12.8 Å². The first-order valence-electron chi connectivity index (χ1n) is 7.90. The van der Waals surface area contributed by atoms with E-state index in [0.717, 1.165) is 0 Å². The lowest BCUT2D eigenvalue weighted by Crippen LogP contribution is -2.02. The van der Waals surface area contributed by atoms with Crippen molar-refractivity contribution >= 4 is 57.7 Å². The van der Waals surface area contributed by atoms with Gasteiger partial charge in [-0.25, -0.2) is 0 Å². The summed E-state index contributed by atoms with van der Waals surface area (Å²) in [6.45, 7) is 0. The normalized spacial score (nSPS) is 13.6. The number of nitrogens with zero attached hydrogens (tertiary/aromatic N) is 2. The van der Waals surface area contributed by atoms with E-state index >= 15 is 0 Å². The fourth-order valence-electron chi connectivity index (χ4n) is 2.55. The van der Waals surface area contributed by atoms with E-state index in [0.29, 0.717) is 41.2 Å². The molecule has 0 aliphatic heterocycles. The zero-order chi connectivity index (χ0) is 19.6. The maximum Gasteiger partial charge on any atom is 0.120 e. The highest BCUT2D eigenvalue weighted by Gasteiger charge is 2.18. The highest BCUT2D eigenvalue weighted by atomic mass is 35.5. The second-order valence-corrected chi connectivity index (χ2v) is 8.69. The lowest BCUT2D eigenvalue weighted by Gasteiger charge is -2.11. The third-order valence-corrected chi connectivity index (χ3v) is 5.98. The Hall–Kier alpha value is -0.920. The van der Waals surface area contributed by atoms with Crippen molar-refractivity contribution in [3.63, 3.8) is 0 Å². The number of aromatic nitrogens is 2. The summed E-state index contributed by atoms with van der Waals surface area (Å²) in [6.07, 6.45) is -1.13. The Kier molecular flexibility index (Phi) is 6.98. The molecule has 3 rings (SSSR count). The molecule has 3 aromatic rings. The van der Waals surface area contributed by atoms with Crippen molar-refractivity contribution in [1.82, 2.24) is 10.2 Å². The van der Waals surface area contributed by atoms with Gasteiger partial charge in [-0.1, -0.05) is 58.5 Å². The number of aliphatic hydroxyl groups excluding tert-OH is 2. The Morgan fingerprint density at radius 2 is 1.15 bits per heavy atom. The summed E-state index contributed by atoms with van der Waals surface area (Å²) in [7, 11) is 0. The van der Waals surface area contributed by atoms with E-state index < -0.39 is 12.2 Å². The van der Waals surface area contributed by atoms with Crippen molar-refractivity contribution in [2.75, 3.05) is 0 Å². The first-order chi connectivity index (χ1) is 12.8. The van der Waals surface area contributed by atoms with Crippen LogP contribution >= 0.6 is 57.7 Å². The average Bonchev–Trinajstić information content (AvgIpc) is 3.01. The second-order valence-electron chi connectivity index (χ2n) is 5.86. The zero-order valence-electron chi connectivity index (χ0n) is 13.7. The molecule has 1 heterocycles. The fourth-order valence-corrected chi connectivity index (χ4v) is 4.53. The predicted octanol–water partition coefficient (Wildman–Crippen LogP) is 5.70. The second kappa shape index (κ2) is 9.05. The van der Waals surface area contributed by atoms with Gasteiger partial charge in [0.15, 0.2) is 0 Å². The highest BCUT2D eigenvalue weighted by Crippen LogP contribution is 2.31. The van der Waals surface area contributed by atoms with Gasteiger partial charge in [0.25, 0.3) is 0 Å². The van der Waals surface area contributed by atoms with Crippen LogP contribution < -0.4 is 0 Å². The molecule has 142 valence electrons. The van der Waals surface area contributed by atoms with Crippen molar-refractivity contribution in [3.8, 4) is 0 Å². The van der Waals surface area contributed by atoms with Gasteiger partial charge in [-0.2, -0.15) is 0 Å². The molecule has 0 saturated carbocycles. The zero-order valence-corrected chi connectivity index (χ0v) is 17.6. The number of halogens is 4.